The summed E-state index contributed by atoms with van der Waals surface area (Å²) in [6.07, 6.45) is 0. The number of ether oxygens (including phenoxy) is 1. The molecule has 4 rings (SSSR count). The normalized spacial score (nSPS) is 12.5. The van der Waals surface area contributed by atoms with Crippen molar-refractivity contribution >= 4 is 37.5 Å². The van der Waals surface area contributed by atoms with Gasteiger partial charge >= 0.3 is 0 Å². The van der Waals surface area contributed by atoms with E-state index in [1.165, 1.54) is 37.4 Å². The molecule has 164 valence electrons. The molecule has 11 heteroatoms. The number of fused-ring (bicyclic) bond motifs is 1. The zero-order valence-corrected chi connectivity index (χ0v) is 18.4. The largest absolute Gasteiger partial charge is 0.497 e. The first-order chi connectivity index (χ1) is 15.3. The molecule has 0 spiro atoms. The Kier molecular flexibility index (Phi) is 5.76. The molecule has 0 saturated carbocycles. The maximum absolute atomic E-state index is 13.4. The molecule has 1 aromatic heterocycles. The Morgan fingerprint density at radius 1 is 1.06 bits per heavy atom. The van der Waals surface area contributed by atoms with Crippen molar-refractivity contribution < 1.29 is 22.3 Å². The van der Waals surface area contributed by atoms with E-state index in [1.54, 1.807) is 42.5 Å². The van der Waals surface area contributed by atoms with Crippen molar-refractivity contribution in [3.05, 3.63) is 88.5 Å². The zero-order valence-electron chi connectivity index (χ0n) is 16.7. The smallest absolute Gasteiger partial charge is 0.271 e. The zero-order chi connectivity index (χ0) is 22.9. The molecule has 0 fully saturated rings. The second kappa shape index (κ2) is 8.52. The monoisotopic (exact) mass is 471 g/mol. The number of hydrogen-bond acceptors (Lipinski definition) is 7. The lowest BCUT2D eigenvalue weighted by molar-refractivity contribution is -0.384. The average molecular weight is 472 g/mol. The number of nitro benzene ring substituents is 1. The Bertz CT molecular complexity index is 1450. The van der Waals surface area contributed by atoms with Crippen LogP contribution in [0.5, 0.6) is 5.75 Å². The molecule has 0 aliphatic carbocycles. The molecule has 0 saturated heterocycles. The maximum Gasteiger partial charge on any atom is 0.271 e. The lowest BCUT2D eigenvalue weighted by atomic mass is 10.2. The average Bonchev–Trinajstić information content (AvgIpc) is 3.19. The number of non-ortho nitro benzene ring substituents is 1. The second-order valence-corrected chi connectivity index (χ2v) is 9.88. The van der Waals surface area contributed by atoms with Gasteiger partial charge in [-0.3, -0.25) is 14.3 Å². The Hall–Kier alpha value is -3.57. The van der Waals surface area contributed by atoms with Crippen LogP contribution < -0.4 is 4.74 Å². The number of benzene rings is 3. The van der Waals surface area contributed by atoms with Crippen molar-refractivity contribution in [2.75, 3.05) is 7.11 Å². The summed E-state index contributed by atoms with van der Waals surface area (Å²) < 4.78 is 46.3. The Balaban J connectivity index is 1.89. The molecule has 0 radical (unpaired) electrons. The highest BCUT2D eigenvalue weighted by atomic mass is 32.2. The van der Waals surface area contributed by atoms with Gasteiger partial charge in [-0.2, -0.15) is 0 Å². The van der Waals surface area contributed by atoms with Gasteiger partial charge in [0.2, 0.25) is 5.16 Å². The van der Waals surface area contributed by atoms with Crippen molar-refractivity contribution in [2.45, 2.75) is 15.8 Å². The molecule has 32 heavy (non-hydrogen) atoms. The number of imidazole rings is 1. The molecule has 0 aliphatic rings. The standard InChI is InChI=1S/C21H17N3O6S2/c1-30-17-7-5-6-15(12-17)14-31(27)21-22-19-13-16(24(25)26)10-11-20(19)23(21)32(28,29)18-8-3-2-4-9-18/h2-13H,14H2,1H3. The van der Waals surface area contributed by atoms with Crippen molar-refractivity contribution in [1.29, 1.82) is 0 Å². The van der Waals surface area contributed by atoms with Gasteiger partial charge in [0.25, 0.3) is 15.7 Å². The lowest BCUT2D eigenvalue weighted by Gasteiger charge is -2.10. The van der Waals surface area contributed by atoms with E-state index >= 15 is 0 Å². The Labute approximate surface area is 185 Å². The van der Waals surface area contributed by atoms with Gasteiger partial charge in [-0.1, -0.05) is 30.3 Å². The molecule has 3 aromatic carbocycles. The van der Waals surface area contributed by atoms with Crippen molar-refractivity contribution in [2.24, 2.45) is 0 Å². The van der Waals surface area contributed by atoms with Gasteiger partial charge in [-0.25, -0.2) is 17.4 Å². The van der Waals surface area contributed by atoms with E-state index in [2.05, 4.69) is 4.98 Å². The van der Waals surface area contributed by atoms with Crippen LogP contribution in [0.2, 0.25) is 0 Å². The highest BCUT2D eigenvalue weighted by molar-refractivity contribution is 7.91. The third-order valence-electron chi connectivity index (χ3n) is 4.70. The first-order valence-corrected chi connectivity index (χ1v) is 12.1. The van der Waals surface area contributed by atoms with Gasteiger partial charge < -0.3 is 4.74 Å². The van der Waals surface area contributed by atoms with Crippen molar-refractivity contribution in [1.82, 2.24) is 8.96 Å². The number of aromatic nitrogens is 2. The van der Waals surface area contributed by atoms with Crippen LogP contribution in [0.3, 0.4) is 0 Å². The first kappa shape index (κ1) is 21.7. The van der Waals surface area contributed by atoms with Gasteiger partial charge in [0, 0.05) is 12.1 Å². The molecule has 1 unspecified atom stereocenters. The van der Waals surface area contributed by atoms with Gasteiger partial charge in [-0.05, 0) is 35.9 Å². The molecule has 1 atom stereocenters. The summed E-state index contributed by atoms with van der Waals surface area (Å²) in [5.74, 6) is 0.549. The molecule has 9 nitrogen and oxygen atoms in total. The van der Waals surface area contributed by atoms with E-state index in [9.17, 15) is 22.7 Å². The summed E-state index contributed by atoms with van der Waals surface area (Å²) in [4.78, 5) is 14.8. The predicted octanol–water partition coefficient (Wildman–Crippen LogP) is 3.50. The SMILES string of the molecule is COc1cccc(CS(=O)c2nc3cc([N+](=O)[O-])ccc3n2S(=O)(=O)c2ccccc2)c1. The van der Waals surface area contributed by atoms with Gasteiger partial charge in [0.05, 0.1) is 44.5 Å². The quantitative estimate of drug-likeness (QED) is 0.299. The van der Waals surface area contributed by atoms with Crippen LogP contribution in [0.15, 0.2) is 82.8 Å². The fourth-order valence-electron chi connectivity index (χ4n) is 3.19. The lowest BCUT2D eigenvalue weighted by Crippen LogP contribution is -2.17. The molecule has 0 aliphatic heterocycles. The van der Waals surface area contributed by atoms with Crippen LogP contribution in [-0.2, 0) is 26.6 Å². The first-order valence-electron chi connectivity index (χ1n) is 9.30. The van der Waals surface area contributed by atoms with Gasteiger partial charge in [-0.15, -0.1) is 0 Å². The summed E-state index contributed by atoms with van der Waals surface area (Å²) in [7, 11) is -4.54. The van der Waals surface area contributed by atoms with E-state index in [0.29, 0.717) is 11.3 Å². The number of methoxy groups -OCH3 is 1. The second-order valence-electron chi connectivity index (χ2n) is 6.75. The minimum absolute atomic E-state index is 0.0164. The van der Waals surface area contributed by atoms with Crippen molar-refractivity contribution in [3.8, 4) is 5.75 Å². The molecular weight excluding hydrogens is 454 g/mol. The van der Waals surface area contributed by atoms with Crippen LogP contribution in [0, 0.1) is 10.1 Å². The molecule has 1 heterocycles. The minimum atomic E-state index is -4.17. The van der Waals surface area contributed by atoms with E-state index in [4.69, 9.17) is 4.74 Å². The van der Waals surface area contributed by atoms with Crippen LogP contribution in [-0.4, -0.2) is 33.6 Å². The fourth-order valence-corrected chi connectivity index (χ4v) is 6.20. The molecule has 0 bridgehead atoms. The predicted molar refractivity (Wildman–Crippen MR) is 119 cm³/mol. The van der Waals surface area contributed by atoms with Crippen LogP contribution in [0.1, 0.15) is 5.56 Å². The van der Waals surface area contributed by atoms with Gasteiger partial charge in [0.1, 0.15) is 5.75 Å². The van der Waals surface area contributed by atoms with Gasteiger partial charge in [0.15, 0.2) is 0 Å². The summed E-state index contributed by atoms with van der Waals surface area (Å²) in [6.45, 7) is 0. The Morgan fingerprint density at radius 2 is 1.81 bits per heavy atom. The maximum atomic E-state index is 13.4. The minimum Gasteiger partial charge on any atom is -0.497 e. The van der Waals surface area contributed by atoms with Crippen LogP contribution in [0.25, 0.3) is 11.0 Å². The van der Waals surface area contributed by atoms with E-state index in [1.807, 2.05) is 0 Å². The summed E-state index contributed by atoms with van der Waals surface area (Å²) in [6, 6.07) is 18.2. The summed E-state index contributed by atoms with van der Waals surface area (Å²) in [5, 5.41) is 11.0. The molecular formula is C21H17N3O6S2. The molecule has 0 N–H and O–H groups in total. The highest BCUT2D eigenvalue weighted by Crippen LogP contribution is 2.29. The van der Waals surface area contributed by atoms with E-state index < -0.39 is 25.7 Å². The summed E-state index contributed by atoms with van der Waals surface area (Å²) in [5.41, 5.74) is 0.579. The summed E-state index contributed by atoms with van der Waals surface area (Å²) >= 11 is 0. The highest BCUT2D eigenvalue weighted by Gasteiger charge is 2.28. The van der Waals surface area contributed by atoms with E-state index in [0.717, 1.165) is 3.97 Å². The van der Waals surface area contributed by atoms with Crippen molar-refractivity contribution in [3.63, 3.8) is 0 Å². The number of nitrogens with zero attached hydrogens (tertiary/aromatic N) is 3. The number of rotatable bonds is 7. The molecule has 4 aromatic rings. The third-order valence-corrected chi connectivity index (χ3v) is 7.81. The topological polar surface area (TPSA) is 121 Å². The number of hydrogen-bond donors (Lipinski definition) is 0. The number of nitro groups is 1. The van der Waals surface area contributed by atoms with Crippen LogP contribution in [0.4, 0.5) is 5.69 Å². The van der Waals surface area contributed by atoms with E-state index in [-0.39, 0.29) is 32.5 Å². The fraction of sp³-hybridized carbons (Fsp3) is 0.0952. The van der Waals surface area contributed by atoms with Crippen LogP contribution >= 0.6 is 0 Å². The third kappa shape index (κ3) is 3.99. The molecule has 0 amide bonds. The Morgan fingerprint density at radius 3 is 2.50 bits per heavy atom.